The number of ether oxygens (including phenoxy) is 1. The number of aliphatic hydroxyl groups is 1. The number of piperidine rings is 1. The van der Waals surface area contributed by atoms with Gasteiger partial charge < -0.3 is 14.7 Å². The minimum Gasteiger partial charge on any atom is -0.465 e. The molecule has 0 radical (unpaired) electrons. The van der Waals surface area contributed by atoms with Crippen molar-refractivity contribution < 1.29 is 19.4 Å². The topological polar surface area (TPSA) is 66.8 Å². The fourth-order valence-corrected chi connectivity index (χ4v) is 2.32. The van der Waals surface area contributed by atoms with Crippen molar-refractivity contribution in [2.45, 2.75) is 46.6 Å². The lowest BCUT2D eigenvalue weighted by Crippen LogP contribution is -2.49. The average molecular weight is 271 g/mol. The van der Waals surface area contributed by atoms with Gasteiger partial charge in [-0.05, 0) is 25.2 Å². The first-order valence-electron chi connectivity index (χ1n) is 6.90. The highest BCUT2D eigenvalue weighted by molar-refractivity contribution is 5.98. The largest absolute Gasteiger partial charge is 0.465 e. The average Bonchev–Trinajstić information content (AvgIpc) is 2.28. The number of carbonyl (C=O) groups excluding carboxylic acids is 2. The summed E-state index contributed by atoms with van der Waals surface area (Å²) in [5.74, 6) is -1.41. The summed E-state index contributed by atoms with van der Waals surface area (Å²) in [5.41, 5.74) is -0.473. The third kappa shape index (κ3) is 4.20. The maximum Gasteiger partial charge on any atom is 0.319 e. The molecular weight excluding hydrogens is 246 g/mol. The van der Waals surface area contributed by atoms with Crippen molar-refractivity contribution in [2.24, 2.45) is 11.3 Å². The van der Waals surface area contributed by atoms with Crippen molar-refractivity contribution in [1.29, 1.82) is 0 Å². The van der Waals surface area contributed by atoms with Crippen molar-refractivity contribution >= 4 is 11.9 Å². The van der Waals surface area contributed by atoms with E-state index in [1.54, 1.807) is 11.8 Å². The molecule has 0 aromatic rings. The van der Waals surface area contributed by atoms with E-state index < -0.39 is 17.3 Å². The molecule has 0 aromatic carbocycles. The molecule has 1 unspecified atom stereocenters. The highest BCUT2D eigenvalue weighted by atomic mass is 16.5. The number of hydrogen-bond acceptors (Lipinski definition) is 4. The van der Waals surface area contributed by atoms with E-state index in [4.69, 9.17) is 4.74 Å². The maximum atomic E-state index is 12.5. The molecule has 0 bridgehead atoms. The van der Waals surface area contributed by atoms with Crippen LogP contribution in [0.25, 0.3) is 0 Å². The SMILES string of the molecule is CCOC(=O)C(C(=O)N1CCC(O)CC1)C(C)(C)C. The number of esters is 1. The molecule has 1 amide bonds. The van der Waals surface area contributed by atoms with Crippen molar-refractivity contribution in [2.75, 3.05) is 19.7 Å². The molecule has 0 aliphatic carbocycles. The minimum atomic E-state index is -0.775. The van der Waals surface area contributed by atoms with Gasteiger partial charge in [-0.15, -0.1) is 0 Å². The number of aliphatic hydroxyl groups excluding tert-OH is 1. The molecule has 110 valence electrons. The summed E-state index contributed by atoms with van der Waals surface area (Å²) in [6, 6.07) is 0. The van der Waals surface area contributed by atoms with E-state index in [1.165, 1.54) is 0 Å². The number of carbonyl (C=O) groups is 2. The molecule has 19 heavy (non-hydrogen) atoms. The number of hydrogen-bond donors (Lipinski definition) is 1. The molecular formula is C14H25NO4. The number of amides is 1. The van der Waals surface area contributed by atoms with Gasteiger partial charge in [-0.3, -0.25) is 9.59 Å². The van der Waals surface area contributed by atoms with Crippen LogP contribution < -0.4 is 0 Å². The second-order valence-electron chi connectivity index (χ2n) is 6.11. The molecule has 1 aliphatic rings. The lowest BCUT2D eigenvalue weighted by Gasteiger charge is -2.35. The molecule has 1 fully saturated rings. The van der Waals surface area contributed by atoms with Crippen LogP contribution in [0.15, 0.2) is 0 Å². The highest BCUT2D eigenvalue weighted by Crippen LogP contribution is 2.30. The molecule has 5 nitrogen and oxygen atoms in total. The predicted molar refractivity (Wildman–Crippen MR) is 71.4 cm³/mol. The fourth-order valence-electron chi connectivity index (χ4n) is 2.32. The summed E-state index contributed by atoms with van der Waals surface area (Å²) >= 11 is 0. The van der Waals surface area contributed by atoms with Gasteiger partial charge in [-0.2, -0.15) is 0 Å². The Balaban J connectivity index is 2.80. The van der Waals surface area contributed by atoms with E-state index in [9.17, 15) is 14.7 Å². The normalized spacial score (nSPS) is 19.1. The fraction of sp³-hybridized carbons (Fsp3) is 0.857. The van der Waals surface area contributed by atoms with Gasteiger partial charge in [0.05, 0.1) is 12.7 Å². The Kier molecular flexibility index (Phi) is 5.35. The molecule has 1 N–H and O–H groups in total. The van der Waals surface area contributed by atoms with Crippen LogP contribution in [-0.2, 0) is 14.3 Å². The Labute approximate surface area is 114 Å². The first-order chi connectivity index (χ1) is 8.77. The van der Waals surface area contributed by atoms with Crippen molar-refractivity contribution in [3.63, 3.8) is 0 Å². The van der Waals surface area contributed by atoms with Gasteiger partial charge in [0, 0.05) is 13.1 Å². The van der Waals surface area contributed by atoms with E-state index in [2.05, 4.69) is 0 Å². The van der Waals surface area contributed by atoms with Crippen LogP contribution >= 0.6 is 0 Å². The van der Waals surface area contributed by atoms with Gasteiger partial charge in [0.15, 0.2) is 0 Å². The number of nitrogens with zero attached hydrogens (tertiary/aromatic N) is 1. The van der Waals surface area contributed by atoms with Crippen molar-refractivity contribution in [1.82, 2.24) is 4.90 Å². The quantitative estimate of drug-likeness (QED) is 0.618. The van der Waals surface area contributed by atoms with Gasteiger partial charge in [0.2, 0.25) is 5.91 Å². The van der Waals surface area contributed by atoms with Gasteiger partial charge in [0.1, 0.15) is 5.92 Å². The Morgan fingerprint density at radius 1 is 1.32 bits per heavy atom. The number of rotatable bonds is 3. The predicted octanol–water partition coefficient (Wildman–Crippen LogP) is 1.20. The van der Waals surface area contributed by atoms with E-state index in [1.807, 2.05) is 20.8 Å². The molecule has 0 spiro atoms. The van der Waals surface area contributed by atoms with E-state index in [-0.39, 0.29) is 18.6 Å². The van der Waals surface area contributed by atoms with E-state index >= 15 is 0 Å². The second kappa shape index (κ2) is 6.37. The van der Waals surface area contributed by atoms with Crippen molar-refractivity contribution in [3.8, 4) is 0 Å². The monoisotopic (exact) mass is 271 g/mol. The molecule has 1 heterocycles. The molecule has 0 aromatic heterocycles. The summed E-state index contributed by atoms with van der Waals surface area (Å²) in [4.78, 5) is 26.2. The van der Waals surface area contributed by atoms with Crippen LogP contribution in [0.2, 0.25) is 0 Å². The van der Waals surface area contributed by atoms with Crippen LogP contribution in [-0.4, -0.2) is 47.7 Å². The number of likely N-dealkylation sites (tertiary alicyclic amines) is 1. The first kappa shape index (κ1) is 16.0. The zero-order chi connectivity index (χ0) is 14.6. The summed E-state index contributed by atoms with van der Waals surface area (Å²) in [6.45, 7) is 8.62. The standard InChI is InChI=1S/C14H25NO4/c1-5-19-13(18)11(14(2,3)4)12(17)15-8-6-10(16)7-9-15/h10-11,16H,5-9H2,1-4H3. The summed E-state index contributed by atoms with van der Waals surface area (Å²) in [5, 5.41) is 9.47. The molecule has 1 aliphatic heterocycles. The summed E-state index contributed by atoms with van der Waals surface area (Å²) in [6.07, 6.45) is 0.816. The second-order valence-corrected chi connectivity index (χ2v) is 6.11. The zero-order valence-electron chi connectivity index (χ0n) is 12.3. The summed E-state index contributed by atoms with van der Waals surface area (Å²) in [7, 11) is 0. The van der Waals surface area contributed by atoms with Gasteiger partial charge in [-0.1, -0.05) is 20.8 Å². The smallest absolute Gasteiger partial charge is 0.319 e. The van der Waals surface area contributed by atoms with Crippen LogP contribution in [0, 0.1) is 11.3 Å². The van der Waals surface area contributed by atoms with Crippen LogP contribution in [0.4, 0.5) is 0 Å². The molecule has 0 saturated carbocycles. The molecule has 1 rings (SSSR count). The lowest BCUT2D eigenvalue weighted by molar-refractivity contribution is -0.161. The maximum absolute atomic E-state index is 12.5. The third-order valence-corrected chi connectivity index (χ3v) is 3.41. The van der Waals surface area contributed by atoms with Gasteiger partial charge in [-0.25, -0.2) is 0 Å². The zero-order valence-corrected chi connectivity index (χ0v) is 12.3. The Morgan fingerprint density at radius 2 is 1.84 bits per heavy atom. The Bertz CT molecular complexity index is 327. The van der Waals surface area contributed by atoms with E-state index in [0.717, 1.165) is 0 Å². The first-order valence-corrected chi connectivity index (χ1v) is 6.90. The van der Waals surface area contributed by atoms with Gasteiger partial charge >= 0.3 is 5.97 Å². The van der Waals surface area contributed by atoms with Crippen LogP contribution in [0.1, 0.15) is 40.5 Å². The Hall–Kier alpha value is -1.10. The lowest BCUT2D eigenvalue weighted by atomic mass is 9.79. The van der Waals surface area contributed by atoms with Crippen LogP contribution in [0.3, 0.4) is 0 Å². The van der Waals surface area contributed by atoms with E-state index in [0.29, 0.717) is 25.9 Å². The summed E-state index contributed by atoms with van der Waals surface area (Å²) < 4.78 is 5.03. The highest BCUT2D eigenvalue weighted by Gasteiger charge is 2.41. The Morgan fingerprint density at radius 3 is 2.26 bits per heavy atom. The minimum absolute atomic E-state index is 0.183. The molecule has 1 atom stereocenters. The van der Waals surface area contributed by atoms with Crippen LogP contribution in [0.5, 0.6) is 0 Å². The third-order valence-electron chi connectivity index (χ3n) is 3.41. The molecule has 1 saturated heterocycles. The van der Waals surface area contributed by atoms with Crippen molar-refractivity contribution in [3.05, 3.63) is 0 Å². The van der Waals surface area contributed by atoms with Gasteiger partial charge in [0.25, 0.3) is 0 Å². The molecule has 5 heteroatoms.